The maximum atomic E-state index is 12.2. The summed E-state index contributed by atoms with van der Waals surface area (Å²) in [6.45, 7) is 8.22. The van der Waals surface area contributed by atoms with Crippen molar-refractivity contribution in [2.75, 3.05) is 12.8 Å². The molecule has 0 radical (unpaired) electrons. The van der Waals surface area contributed by atoms with Gasteiger partial charge in [0, 0.05) is 27.3 Å². The molecule has 0 heterocycles. The highest BCUT2D eigenvalue weighted by Crippen LogP contribution is 2.20. The van der Waals surface area contributed by atoms with Gasteiger partial charge in [-0.3, -0.25) is 4.21 Å². The Labute approximate surface area is 114 Å². The number of nitrogens with one attached hydrogen (secondary N) is 1. The van der Waals surface area contributed by atoms with E-state index in [2.05, 4.69) is 36.5 Å². The lowest BCUT2D eigenvalue weighted by molar-refractivity contribution is 0.614. The van der Waals surface area contributed by atoms with Crippen molar-refractivity contribution in [2.24, 2.45) is 0 Å². The third-order valence-electron chi connectivity index (χ3n) is 3.14. The first-order valence-electron chi connectivity index (χ1n) is 6.53. The standard InChI is InChI=1S/C15H25NOS/c1-6-12-7-9-13(10-8-12)14(16-5)11-18(17)15(2,3)4/h7-10,14,16H,6,11H2,1-5H3. The molecular weight excluding hydrogens is 242 g/mol. The summed E-state index contributed by atoms with van der Waals surface area (Å²) < 4.78 is 12.0. The second-order valence-corrected chi connectivity index (χ2v) is 7.81. The normalized spacial score (nSPS) is 15.4. The fourth-order valence-corrected chi connectivity index (χ4v) is 2.90. The summed E-state index contributed by atoms with van der Waals surface area (Å²) in [5.41, 5.74) is 2.55. The Bertz CT molecular complexity index is 392. The summed E-state index contributed by atoms with van der Waals surface area (Å²) in [5.74, 6) is 0.658. The first-order chi connectivity index (χ1) is 8.38. The number of aryl methyl sites for hydroxylation is 1. The monoisotopic (exact) mass is 267 g/mol. The molecule has 1 rings (SSSR count). The third-order valence-corrected chi connectivity index (χ3v) is 5.14. The van der Waals surface area contributed by atoms with Crippen molar-refractivity contribution in [1.29, 1.82) is 0 Å². The molecular formula is C15H25NOS. The van der Waals surface area contributed by atoms with Crippen LogP contribution in [-0.4, -0.2) is 21.8 Å². The molecule has 0 amide bonds. The second-order valence-electron chi connectivity index (χ2n) is 5.56. The van der Waals surface area contributed by atoms with Gasteiger partial charge in [-0.25, -0.2) is 0 Å². The van der Waals surface area contributed by atoms with Gasteiger partial charge in [-0.15, -0.1) is 0 Å². The van der Waals surface area contributed by atoms with Crippen molar-refractivity contribution in [3.8, 4) is 0 Å². The molecule has 1 aromatic carbocycles. The van der Waals surface area contributed by atoms with E-state index < -0.39 is 10.8 Å². The molecule has 0 aliphatic rings. The van der Waals surface area contributed by atoms with Gasteiger partial charge >= 0.3 is 0 Å². The smallest absolute Gasteiger partial charge is 0.0435 e. The molecule has 102 valence electrons. The van der Waals surface area contributed by atoms with Crippen LogP contribution in [-0.2, 0) is 17.2 Å². The van der Waals surface area contributed by atoms with Gasteiger partial charge in [0.05, 0.1) is 0 Å². The van der Waals surface area contributed by atoms with Crippen LogP contribution in [0.1, 0.15) is 44.9 Å². The van der Waals surface area contributed by atoms with Gasteiger partial charge in [-0.2, -0.15) is 0 Å². The molecule has 3 heteroatoms. The maximum absolute atomic E-state index is 12.2. The summed E-state index contributed by atoms with van der Waals surface area (Å²) in [4.78, 5) is 0. The highest BCUT2D eigenvalue weighted by molar-refractivity contribution is 7.86. The van der Waals surface area contributed by atoms with Crippen molar-refractivity contribution in [1.82, 2.24) is 5.32 Å². The molecule has 1 aromatic rings. The van der Waals surface area contributed by atoms with E-state index in [1.807, 2.05) is 27.8 Å². The Morgan fingerprint density at radius 2 is 1.78 bits per heavy atom. The maximum Gasteiger partial charge on any atom is 0.0435 e. The summed E-state index contributed by atoms with van der Waals surface area (Å²) in [6, 6.07) is 8.75. The molecule has 0 saturated carbocycles. The van der Waals surface area contributed by atoms with Gasteiger partial charge in [0.25, 0.3) is 0 Å². The molecule has 0 aliphatic heterocycles. The van der Waals surface area contributed by atoms with Crippen LogP contribution in [0.5, 0.6) is 0 Å². The van der Waals surface area contributed by atoms with Gasteiger partial charge in [0.2, 0.25) is 0 Å². The second kappa shape index (κ2) is 6.48. The zero-order valence-electron chi connectivity index (χ0n) is 12.1. The van der Waals surface area contributed by atoms with E-state index in [9.17, 15) is 4.21 Å². The predicted molar refractivity (Wildman–Crippen MR) is 80.4 cm³/mol. The van der Waals surface area contributed by atoms with Crippen molar-refractivity contribution < 1.29 is 4.21 Å². The fraction of sp³-hybridized carbons (Fsp3) is 0.600. The van der Waals surface area contributed by atoms with Crippen LogP contribution in [0.4, 0.5) is 0 Å². The number of hydrogen-bond donors (Lipinski definition) is 1. The molecule has 0 aliphatic carbocycles. The topological polar surface area (TPSA) is 29.1 Å². The van der Waals surface area contributed by atoms with E-state index >= 15 is 0 Å². The van der Waals surface area contributed by atoms with Crippen LogP contribution in [0.25, 0.3) is 0 Å². The first-order valence-corrected chi connectivity index (χ1v) is 7.85. The van der Waals surface area contributed by atoms with Gasteiger partial charge in [-0.05, 0) is 45.4 Å². The van der Waals surface area contributed by atoms with E-state index in [1.165, 1.54) is 11.1 Å². The van der Waals surface area contributed by atoms with Gasteiger partial charge in [0.1, 0.15) is 0 Å². The van der Waals surface area contributed by atoms with Crippen LogP contribution in [0.2, 0.25) is 0 Å². The molecule has 0 saturated heterocycles. The minimum atomic E-state index is -0.837. The van der Waals surface area contributed by atoms with Crippen LogP contribution >= 0.6 is 0 Å². The van der Waals surface area contributed by atoms with Crippen molar-refractivity contribution in [3.05, 3.63) is 35.4 Å². The average Bonchev–Trinajstić information content (AvgIpc) is 2.34. The minimum Gasteiger partial charge on any atom is -0.312 e. The lowest BCUT2D eigenvalue weighted by Crippen LogP contribution is -2.31. The van der Waals surface area contributed by atoms with Crippen molar-refractivity contribution >= 4 is 10.8 Å². The molecule has 0 bridgehead atoms. The third kappa shape index (κ3) is 4.21. The highest BCUT2D eigenvalue weighted by atomic mass is 32.2. The van der Waals surface area contributed by atoms with Crippen LogP contribution in [0.15, 0.2) is 24.3 Å². The van der Waals surface area contributed by atoms with Crippen LogP contribution < -0.4 is 5.32 Å². The number of benzene rings is 1. The SMILES string of the molecule is CCc1ccc(C(CS(=O)C(C)(C)C)NC)cc1. The van der Waals surface area contributed by atoms with Crippen molar-refractivity contribution in [3.63, 3.8) is 0 Å². The lowest BCUT2D eigenvalue weighted by Gasteiger charge is -2.23. The first kappa shape index (κ1) is 15.4. The Balaban J connectivity index is 2.80. The zero-order chi connectivity index (χ0) is 13.8. The minimum absolute atomic E-state index is 0.154. The Morgan fingerprint density at radius 1 is 1.22 bits per heavy atom. The molecule has 0 fully saturated rings. The molecule has 0 aromatic heterocycles. The predicted octanol–water partition coefficient (Wildman–Crippen LogP) is 3.06. The summed E-state index contributed by atoms with van der Waals surface area (Å²) in [7, 11) is 1.09. The molecule has 2 unspecified atom stereocenters. The largest absolute Gasteiger partial charge is 0.312 e. The van der Waals surface area contributed by atoms with Crippen LogP contribution in [0.3, 0.4) is 0 Å². The van der Waals surface area contributed by atoms with Crippen molar-refractivity contribution in [2.45, 2.75) is 44.9 Å². The molecule has 2 nitrogen and oxygen atoms in total. The summed E-state index contributed by atoms with van der Waals surface area (Å²) in [6.07, 6.45) is 1.05. The molecule has 18 heavy (non-hydrogen) atoms. The summed E-state index contributed by atoms with van der Waals surface area (Å²) >= 11 is 0. The lowest BCUT2D eigenvalue weighted by atomic mass is 10.1. The fourth-order valence-electron chi connectivity index (χ4n) is 1.73. The Hall–Kier alpha value is -0.670. The Morgan fingerprint density at radius 3 is 2.17 bits per heavy atom. The quantitative estimate of drug-likeness (QED) is 0.888. The van der Waals surface area contributed by atoms with E-state index in [0.717, 1.165) is 6.42 Å². The molecule has 0 spiro atoms. The van der Waals surface area contributed by atoms with Gasteiger partial charge < -0.3 is 5.32 Å². The van der Waals surface area contributed by atoms with E-state index in [1.54, 1.807) is 0 Å². The number of rotatable bonds is 5. The molecule has 1 N–H and O–H groups in total. The zero-order valence-corrected chi connectivity index (χ0v) is 12.9. The Kier molecular flexibility index (Phi) is 5.54. The summed E-state index contributed by atoms with van der Waals surface area (Å²) in [5, 5.41) is 3.27. The molecule has 2 atom stereocenters. The van der Waals surface area contributed by atoms with Gasteiger partial charge in [0.15, 0.2) is 0 Å². The van der Waals surface area contributed by atoms with Gasteiger partial charge in [-0.1, -0.05) is 31.2 Å². The van der Waals surface area contributed by atoms with E-state index in [-0.39, 0.29) is 10.8 Å². The average molecular weight is 267 g/mol. The van der Waals surface area contributed by atoms with E-state index in [0.29, 0.717) is 5.75 Å². The highest BCUT2D eigenvalue weighted by Gasteiger charge is 2.23. The van der Waals surface area contributed by atoms with Crippen LogP contribution in [0, 0.1) is 0 Å². The number of hydrogen-bond acceptors (Lipinski definition) is 2. The van der Waals surface area contributed by atoms with E-state index in [4.69, 9.17) is 0 Å².